The normalized spacial score (nSPS) is 22.9. The van der Waals surface area contributed by atoms with Crippen LogP contribution in [-0.4, -0.2) is 104 Å². The lowest BCUT2D eigenvalue weighted by atomic mass is 9.71. The van der Waals surface area contributed by atoms with Gasteiger partial charge in [-0.05, 0) is 125 Å². The number of benzene rings is 3. The fourth-order valence-corrected chi connectivity index (χ4v) is 11.2. The highest BCUT2D eigenvalue weighted by Gasteiger charge is 2.47. The van der Waals surface area contributed by atoms with E-state index in [-0.39, 0.29) is 53.8 Å². The molecule has 1 atom stereocenters. The molecule has 5 aromatic rings. The maximum absolute atomic E-state index is 16.2. The molecule has 1 N–H and O–H groups in total. The molecule has 5 aliphatic heterocycles. The highest BCUT2D eigenvalue weighted by atomic mass is 19.4. The number of amides is 3. The van der Waals surface area contributed by atoms with E-state index < -0.39 is 29.5 Å². The molecule has 6 aliphatic rings. The molecule has 0 bridgehead atoms. The van der Waals surface area contributed by atoms with Gasteiger partial charge in [0.15, 0.2) is 5.82 Å². The molecular formula is C50H55F4N11O3. The molecule has 1 spiro atoms. The summed E-state index contributed by atoms with van der Waals surface area (Å²) in [5.41, 5.74) is 3.82. The number of nitrogens with zero attached hydrogens (tertiary/aromatic N) is 10. The van der Waals surface area contributed by atoms with Gasteiger partial charge >= 0.3 is 6.18 Å². The van der Waals surface area contributed by atoms with E-state index in [0.717, 1.165) is 69.5 Å². The summed E-state index contributed by atoms with van der Waals surface area (Å²) < 4.78 is 63.1. The van der Waals surface area contributed by atoms with Gasteiger partial charge in [-0.1, -0.05) is 12.1 Å². The van der Waals surface area contributed by atoms with Gasteiger partial charge in [0.2, 0.25) is 11.8 Å². The van der Waals surface area contributed by atoms with Crippen molar-refractivity contribution in [3.05, 3.63) is 94.4 Å². The molecular weight excluding hydrogens is 879 g/mol. The Morgan fingerprint density at radius 2 is 1.69 bits per heavy atom. The molecule has 4 saturated heterocycles. The van der Waals surface area contributed by atoms with E-state index in [1.54, 1.807) is 23.1 Å². The molecule has 18 heteroatoms. The number of hydrogen-bond donors (Lipinski definition) is 1. The number of nitrogens with one attached hydrogen (secondary N) is 1. The van der Waals surface area contributed by atoms with Crippen LogP contribution < -0.4 is 15.1 Å². The largest absolute Gasteiger partial charge is 0.417 e. The van der Waals surface area contributed by atoms with Crippen molar-refractivity contribution < 1.29 is 31.9 Å². The van der Waals surface area contributed by atoms with Crippen LogP contribution in [0.1, 0.15) is 95.7 Å². The van der Waals surface area contributed by atoms with Crippen LogP contribution in [0, 0.1) is 48.2 Å². The third-order valence-electron chi connectivity index (χ3n) is 15.5. The van der Waals surface area contributed by atoms with Gasteiger partial charge in [0.1, 0.15) is 18.2 Å². The minimum Gasteiger partial charge on any atom is -0.370 e. The Bertz CT molecular complexity index is 2800. The van der Waals surface area contributed by atoms with E-state index >= 15 is 4.39 Å². The number of imide groups is 1. The van der Waals surface area contributed by atoms with Crippen molar-refractivity contribution >= 4 is 40.0 Å². The lowest BCUT2D eigenvalue weighted by Crippen LogP contribution is -2.60. The van der Waals surface area contributed by atoms with Crippen LogP contribution in [0.5, 0.6) is 0 Å². The number of likely N-dealkylation sites (tertiary alicyclic amines) is 1. The second kappa shape index (κ2) is 17.6. The van der Waals surface area contributed by atoms with Gasteiger partial charge < -0.3 is 24.2 Å². The van der Waals surface area contributed by atoms with E-state index in [9.17, 15) is 32.8 Å². The third kappa shape index (κ3) is 8.58. The molecule has 14 nitrogen and oxygen atoms in total. The number of carbonyl (C=O) groups is 3. The SMILES string of the molecule is Cc1cc(N2CCC(CN3CCC4(CC3)CN(c3cc(C(F)(F)F)c5cn(-c6cccc(C7CC(C#N)C7)c6)nc5c3)C4)CC2)c(F)c2c1C(=O)N(C1CCC(=O)NC1=O)C2.Cc1nncn1C. The zero-order chi connectivity index (χ0) is 47.6. The fourth-order valence-electron chi connectivity index (χ4n) is 11.2. The molecule has 1 saturated carbocycles. The number of rotatable bonds is 7. The molecule has 1 aliphatic carbocycles. The maximum atomic E-state index is 16.2. The van der Waals surface area contributed by atoms with Crippen LogP contribution in [-0.2, 0) is 29.4 Å². The van der Waals surface area contributed by atoms with Crippen molar-refractivity contribution in [3.63, 3.8) is 0 Å². The molecule has 0 radical (unpaired) electrons. The van der Waals surface area contributed by atoms with Crippen LogP contribution in [0.4, 0.5) is 28.9 Å². The Morgan fingerprint density at radius 3 is 2.34 bits per heavy atom. The first-order valence-electron chi connectivity index (χ1n) is 23.7. The van der Waals surface area contributed by atoms with Crippen molar-refractivity contribution in [1.82, 2.24) is 39.7 Å². The predicted octanol–water partition coefficient (Wildman–Crippen LogP) is 7.21. The van der Waals surface area contributed by atoms with Gasteiger partial charge in [0.05, 0.1) is 40.6 Å². The van der Waals surface area contributed by atoms with E-state index in [2.05, 4.69) is 41.4 Å². The Hall–Kier alpha value is -6.35. The number of aromatic nitrogens is 5. The minimum atomic E-state index is -4.54. The number of anilines is 2. The number of hydrogen-bond acceptors (Lipinski definition) is 10. The smallest absolute Gasteiger partial charge is 0.370 e. The van der Waals surface area contributed by atoms with Crippen LogP contribution in [0.2, 0.25) is 0 Å². The number of aryl methyl sites for hydroxylation is 3. The Morgan fingerprint density at radius 1 is 0.941 bits per heavy atom. The van der Waals surface area contributed by atoms with E-state index in [1.165, 1.54) is 17.2 Å². The van der Waals surface area contributed by atoms with Gasteiger partial charge in [-0.25, -0.2) is 9.07 Å². The lowest BCUT2D eigenvalue weighted by molar-refractivity contribution is -0.137. The van der Waals surface area contributed by atoms with Crippen molar-refractivity contribution in [3.8, 4) is 11.8 Å². The summed E-state index contributed by atoms with van der Waals surface area (Å²) in [5.74, 6) is 0.0621. The number of fused-ring (bicyclic) bond motifs is 2. The predicted molar refractivity (Wildman–Crippen MR) is 245 cm³/mol. The summed E-state index contributed by atoms with van der Waals surface area (Å²) in [4.78, 5) is 45.6. The van der Waals surface area contributed by atoms with Crippen LogP contribution in [0.15, 0.2) is 55.0 Å². The second-order valence-electron chi connectivity index (χ2n) is 19.9. The summed E-state index contributed by atoms with van der Waals surface area (Å²) >= 11 is 0. The van der Waals surface area contributed by atoms with Crippen molar-refractivity contribution in [2.24, 2.45) is 24.3 Å². The van der Waals surface area contributed by atoms with Gasteiger partial charge in [-0.2, -0.15) is 23.5 Å². The number of piperidine rings is 3. The number of halogens is 4. The number of nitriles is 1. The lowest BCUT2D eigenvalue weighted by Gasteiger charge is -2.55. The number of carbonyl (C=O) groups excluding carboxylic acids is 3. The molecule has 1 unspecified atom stereocenters. The zero-order valence-electron chi connectivity index (χ0n) is 38.5. The second-order valence-corrected chi connectivity index (χ2v) is 19.9. The van der Waals surface area contributed by atoms with Crippen LogP contribution in [0.3, 0.4) is 0 Å². The first-order valence-corrected chi connectivity index (χ1v) is 23.7. The topological polar surface area (TPSA) is 149 Å². The molecule has 11 rings (SSSR count). The summed E-state index contributed by atoms with van der Waals surface area (Å²) in [5, 5.41) is 23.6. The van der Waals surface area contributed by atoms with E-state index in [4.69, 9.17) is 0 Å². The van der Waals surface area contributed by atoms with Gasteiger partial charge in [-0.3, -0.25) is 19.7 Å². The molecule has 3 aromatic carbocycles. The summed E-state index contributed by atoms with van der Waals surface area (Å²) in [6.45, 7) is 9.33. The highest BCUT2D eigenvalue weighted by Crippen LogP contribution is 2.46. The fraction of sp³-hybridized carbons (Fsp3) is 0.500. The molecule has 2 aromatic heterocycles. The average molecular weight is 934 g/mol. The monoisotopic (exact) mass is 933 g/mol. The summed E-state index contributed by atoms with van der Waals surface area (Å²) in [6, 6.07) is 14.1. The molecule has 5 fully saturated rings. The van der Waals surface area contributed by atoms with Crippen molar-refractivity contribution in [2.75, 3.05) is 55.6 Å². The van der Waals surface area contributed by atoms with Crippen molar-refractivity contribution in [2.45, 2.75) is 89.9 Å². The summed E-state index contributed by atoms with van der Waals surface area (Å²) in [7, 11) is 1.91. The van der Waals surface area contributed by atoms with Crippen molar-refractivity contribution in [1.29, 1.82) is 5.26 Å². The molecule has 356 valence electrons. The molecule has 3 amide bonds. The Labute approximate surface area is 391 Å². The summed E-state index contributed by atoms with van der Waals surface area (Å²) in [6.07, 6.45) is 4.33. The molecule has 7 heterocycles. The first-order chi connectivity index (χ1) is 32.6. The maximum Gasteiger partial charge on any atom is 0.417 e. The molecule has 68 heavy (non-hydrogen) atoms. The van der Waals surface area contributed by atoms with Gasteiger partial charge in [0, 0.05) is 80.4 Å². The third-order valence-corrected chi connectivity index (χ3v) is 15.5. The van der Waals surface area contributed by atoms with Crippen LogP contribution in [0.25, 0.3) is 16.6 Å². The van der Waals surface area contributed by atoms with Crippen LogP contribution >= 0.6 is 0 Å². The minimum absolute atomic E-state index is 0.00357. The van der Waals surface area contributed by atoms with E-state index in [1.807, 2.05) is 49.7 Å². The average Bonchev–Trinajstić information content (AvgIpc) is 4.00. The Balaban J connectivity index is 0.000000708. The first kappa shape index (κ1) is 45.4. The standard InChI is InChI=1S/C46H48F4N8O3.C4H7N3/c1-27-15-39(42(47)35-23-57(44(61)41(27)35)38-5-6-40(59)52-43(38)60)55-11-7-28(8-12-55)22-54-13-9-45(10-14-54)25-56(26-45)33-19-36(46(48,49)50)34-24-58(53-37(34)20-33)32-4-2-3-30(18-32)31-16-29(17-31)21-51;1-4-6-5-3-7(4)2/h2-4,15,18-20,24,28-29,31,38H,5-14,16-17,22-23,25-26H2,1H3,(H,52,59,60);3H,1-2H3. The van der Waals surface area contributed by atoms with E-state index in [0.29, 0.717) is 71.4 Å². The Kier molecular flexibility index (Phi) is 11.8. The van der Waals surface area contributed by atoms with Gasteiger partial charge in [0.25, 0.3) is 5.91 Å². The van der Waals surface area contributed by atoms with Gasteiger partial charge in [-0.15, -0.1) is 10.2 Å². The number of alkyl halides is 3. The highest BCUT2D eigenvalue weighted by molar-refractivity contribution is 6.06. The zero-order valence-corrected chi connectivity index (χ0v) is 38.5. The quantitative estimate of drug-likeness (QED) is 0.131.